The van der Waals surface area contributed by atoms with Gasteiger partial charge in [-0.3, -0.25) is 15.1 Å². The lowest BCUT2D eigenvalue weighted by Gasteiger charge is -2.07. The van der Waals surface area contributed by atoms with Gasteiger partial charge in [-0.15, -0.1) is 11.3 Å². The molecule has 0 unspecified atom stereocenters. The molecule has 0 atom stereocenters. The third kappa shape index (κ3) is 3.85. The van der Waals surface area contributed by atoms with Gasteiger partial charge < -0.3 is 0 Å². The maximum Gasteiger partial charge on any atom is 0.416 e. The molecule has 27 heavy (non-hydrogen) atoms. The van der Waals surface area contributed by atoms with Crippen molar-refractivity contribution in [2.45, 2.75) is 24.9 Å². The Morgan fingerprint density at radius 1 is 1.11 bits per heavy atom. The number of hydrogen-bond acceptors (Lipinski definition) is 4. The number of carbonyl (C=O) groups excluding carboxylic acids is 1. The number of thiazole rings is 1. The van der Waals surface area contributed by atoms with E-state index in [1.54, 1.807) is 6.20 Å². The van der Waals surface area contributed by atoms with Crippen molar-refractivity contribution in [1.29, 1.82) is 0 Å². The van der Waals surface area contributed by atoms with Crippen molar-refractivity contribution in [3.8, 4) is 11.4 Å². The zero-order chi connectivity index (χ0) is 19.0. The van der Waals surface area contributed by atoms with E-state index in [0.717, 1.165) is 53.4 Å². The zero-order valence-electron chi connectivity index (χ0n) is 14.0. The van der Waals surface area contributed by atoms with E-state index in [1.165, 1.54) is 11.3 Å². The first-order valence-electron chi connectivity index (χ1n) is 8.32. The Bertz CT molecular complexity index is 964. The highest BCUT2D eigenvalue weighted by atomic mass is 32.1. The van der Waals surface area contributed by atoms with Crippen LogP contribution in [0, 0.1) is 0 Å². The van der Waals surface area contributed by atoms with Crippen LogP contribution in [0.2, 0.25) is 0 Å². The molecule has 1 saturated carbocycles. The zero-order valence-corrected chi connectivity index (χ0v) is 14.8. The second-order valence-electron chi connectivity index (χ2n) is 6.25. The van der Waals surface area contributed by atoms with E-state index in [9.17, 15) is 18.0 Å². The maximum atomic E-state index is 12.6. The molecule has 1 aliphatic carbocycles. The molecule has 0 aliphatic heterocycles. The van der Waals surface area contributed by atoms with E-state index in [-0.39, 0.29) is 5.56 Å². The van der Waals surface area contributed by atoms with Gasteiger partial charge in [0.2, 0.25) is 0 Å². The Kier molecular flexibility index (Phi) is 4.43. The number of benzene rings is 1. The molecule has 2 heterocycles. The molecule has 0 spiro atoms. The lowest BCUT2D eigenvalue weighted by atomic mass is 10.1. The lowest BCUT2D eigenvalue weighted by Crippen LogP contribution is -2.12. The van der Waals surface area contributed by atoms with E-state index in [0.29, 0.717) is 11.0 Å². The average molecular weight is 389 g/mol. The Morgan fingerprint density at radius 2 is 1.85 bits per heavy atom. The summed E-state index contributed by atoms with van der Waals surface area (Å²) in [6.07, 6.45) is -0.588. The van der Waals surface area contributed by atoms with Crippen molar-refractivity contribution in [2.24, 2.45) is 0 Å². The standard InChI is InChI=1S/C19H14F3N3OS/c20-19(21,22)13-8-6-12(7-9-13)17(26)25-18-24-15(14-3-1-2-10-23-14)16(27-18)11-4-5-11/h1-3,6-11H,4-5H2,(H,24,25,26). The fourth-order valence-electron chi connectivity index (χ4n) is 2.67. The SMILES string of the molecule is O=C(Nc1nc(-c2ccccn2)c(C2CC2)s1)c1ccc(C(F)(F)F)cc1. The first-order chi connectivity index (χ1) is 12.9. The highest BCUT2D eigenvalue weighted by molar-refractivity contribution is 7.16. The smallest absolute Gasteiger partial charge is 0.298 e. The van der Waals surface area contributed by atoms with Crippen LogP contribution in [-0.2, 0) is 6.18 Å². The summed E-state index contributed by atoms with van der Waals surface area (Å²) in [6, 6.07) is 9.67. The van der Waals surface area contributed by atoms with Gasteiger partial charge in [0.1, 0.15) is 5.69 Å². The number of nitrogens with zero attached hydrogens (tertiary/aromatic N) is 2. The fraction of sp³-hybridized carbons (Fsp3) is 0.211. The monoisotopic (exact) mass is 389 g/mol. The fourth-order valence-corrected chi connectivity index (χ4v) is 3.81. The van der Waals surface area contributed by atoms with Gasteiger partial charge >= 0.3 is 6.18 Å². The minimum atomic E-state index is -4.43. The van der Waals surface area contributed by atoms with Crippen LogP contribution in [0.1, 0.15) is 39.6 Å². The third-order valence-corrected chi connectivity index (χ3v) is 5.34. The van der Waals surface area contributed by atoms with E-state index >= 15 is 0 Å². The van der Waals surface area contributed by atoms with E-state index < -0.39 is 17.6 Å². The quantitative estimate of drug-likeness (QED) is 0.654. The number of aromatic nitrogens is 2. The van der Waals surface area contributed by atoms with Gasteiger partial charge in [-0.2, -0.15) is 13.2 Å². The molecule has 0 bridgehead atoms. The van der Waals surface area contributed by atoms with Gasteiger partial charge in [-0.25, -0.2) is 4.98 Å². The summed E-state index contributed by atoms with van der Waals surface area (Å²) < 4.78 is 37.9. The summed E-state index contributed by atoms with van der Waals surface area (Å²) in [6.45, 7) is 0. The number of halogens is 3. The Hall–Kier alpha value is -2.74. The minimum absolute atomic E-state index is 0.144. The third-order valence-electron chi connectivity index (χ3n) is 4.20. The lowest BCUT2D eigenvalue weighted by molar-refractivity contribution is -0.137. The van der Waals surface area contributed by atoms with Gasteiger partial charge in [0.15, 0.2) is 5.13 Å². The normalized spacial score (nSPS) is 14.2. The molecule has 4 nitrogen and oxygen atoms in total. The first-order valence-corrected chi connectivity index (χ1v) is 9.14. The van der Waals surface area contributed by atoms with Crippen molar-refractivity contribution in [1.82, 2.24) is 9.97 Å². The first kappa shape index (κ1) is 17.7. The van der Waals surface area contributed by atoms with E-state index in [4.69, 9.17) is 0 Å². The summed E-state index contributed by atoms with van der Waals surface area (Å²) >= 11 is 1.39. The minimum Gasteiger partial charge on any atom is -0.298 e. The molecule has 3 aromatic rings. The molecule has 2 aromatic heterocycles. The Labute approximate surface area is 157 Å². The van der Waals surface area contributed by atoms with Gasteiger partial charge in [0.25, 0.3) is 5.91 Å². The summed E-state index contributed by atoms with van der Waals surface area (Å²) in [4.78, 5) is 22.3. The number of rotatable bonds is 4. The molecule has 1 aliphatic rings. The van der Waals surface area contributed by atoms with Crippen LogP contribution in [0.15, 0.2) is 48.7 Å². The molecule has 8 heteroatoms. The van der Waals surface area contributed by atoms with Crippen LogP contribution >= 0.6 is 11.3 Å². The molecule has 1 fully saturated rings. The van der Waals surface area contributed by atoms with E-state index in [1.807, 2.05) is 18.2 Å². The van der Waals surface area contributed by atoms with Crippen molar-refractivity contribution in [3.05, 3.63) is 64.7 Å². The van der Waals surface area contributed by atoms with Crippen molar-refractivity contribution in [2.75, 3.05) is 5.32 Å². The van der Waals surface area contributed by atoms with Crippen molar-refractivity contribution in [3.63, 3.8) is 0 Å². The van der Waals surface area contributed by atoms with Crippen molar-refractivity contribution >= 4 is 22.4 Å². The highest BCUT2D eigenvalue weighted by Gasteiger charge is 2.31. The predicted octanol–water partition coefficient (Wildman–Crippen LogP) is 5.35. The van der Waals surface area contributed by atoms with Gasteiger partial charge in [0.05, 0.1) is 11.3 Å². The number of hydrogen-bond donors (Lipinski definition) is 1. The number of carbonyl (C=O) groups is 1. The second-order valence-corrected chi connectivity index (χ2v) is 7.28. The number of pyridine rings is 1. The van der Waals surface area contributed by atoms with Crippen LogP contribution in [0.4, 0.5) is 18.3 Å². The largest absolute Gasteiger partial charge is 0.416 e. The molecule has 0 saturated heterocycles. The summed E-state index contributed by atoms with van der Waals surface area (Å²) in [5.74, 6) is -0.0661. The number of nitrogens with one attached hydrogen (secondary N) is 1. The molecular weight excluding hydrogens is 375 g/mol. The van der Waals surface area contributed by atoms with E-state index in [2.05, 4.69) is 15.3 Å². The Morgan fingerprint density at radius 3 is 2.44 bits per heavy atom. The molecule has 1 N–H and O–H groups in total. The molecule has 1 aromatic carbocycles. The molecule has 0 radical (unpaired) electrons. The number of alkyl halides is 3. The summed E-state index contributed by atoms with van der Waals surface area (Å²) in [5, 5.41) is 3.11. The summed E-state index contributed by atoms with van der Waals surface area (Å²) in [7, 11) is 0. The molecule has 4 rings (SSSR count). The van der Waals surface area contributed by atoms with Crippen LogP contribution < -0.4 is 5.32 Å². The number of anilines is 1. The van der Waals surface area contributed by atoms with Gasteiger partial charge in [0, 0.05) is 16.6 Å². The predicted molar refractivity (Wildman–Crippen MR) is 96.7 cm³/mol. The highest BCUT2D eigenvalue weighted by Crippen LogP contribution is 2.48. The molecule has 1 amide bonds. The molecular formula is C19H14F3N3OS. The molecule has 138 valence electrons. The van der Waals surface area contributed by atoms with Crippen LogP contribution in [0.5, 0.6) is 0 Å². The van der Waals surface area contributed by atoms with Gasteiger partial charge in [-0.1, -0.05) is 6.07 Å². The summed E-state index contributed by atoms with van der Waals surface area (Å²) in [5.41, 5.74) is 0.851. The van der Waals surface area contributed by atoms with Crippen LogP contribution in [-0.4, -0.2) is 15.9 Å². The number of amides is 1. The van der Waals surface area contributed by atoms with Crippen molar-refractivity contribution < 1.29 is 18.0 Å². The Balaban J connectivity index is 1.57. The van der Waals surface area contributed by atoms with Gasteiger partial charge in [-0.05, 0) is 55.2 Å². The van der Waals surface area contributed by atoms with Crippen LogP contribution in [0.25, 0.3) is 11.4 Å². The second kappa shape index (κ2) is 6.77. The van der Waals surface area contributed by atoms with Crippen LogP contribution in [0.3, 0.4) is 0 Å². The maximum absolute atomic E-state index is 12.6. The average Bonchev–Trinajstić information content (AvgIpc) is 3.42. The topological polar surface area (TPSA) is 54.9 Å².